The molecule has 0 atom stereocenters. The largest absolute Gasteiger partial charge is 0.345 e. The molecule has 1 amide bonds. The molecule has 3 aromatic rings. The van der Waals surface area contributed by atoms with Crippen LogP contribution in [-0.4, -0.2) is 51.4 Å². The molecule has 29 heavy (non-hydrogen) atoms. The average Bonchev–Trinajstić information content (AvgIpc) is 3.33. The van der Waals surface area contributed by atoms with Crippen LogP contribution in [0.25, 0.3) is 11.4 Å². The highest BCUT2D eigenvalue weighted by Crippen LogP contribution is 2.27. The zero-order chi connectivity index (χ0) is 19.6. The van der Waals surface area contributed by atoms with E-state index in [4.69, 9.17) is 0 Å². The average molecular weight is 386 g/mol. The van der Waals surface area contributed by atoms with Gasteiger partial charge < -0.3 is 9.88 Å². The third kappa shape index (κ3) is 3.58. The van der Waals surface area contributed by atoms with Crippen molar-refractivity contribution >= 4 is 5.91 Å². The molecule has 2 aliphatic heterocycles. The summed E-state index contributed by atoms with van der Waals surface area (Å²) < 4.78 is 0. The van der Waals surface area contributed by atoms with Crippen molar-refractivity contribution in [3.05, 3.63) is 77.6 Å². The monoisotopic (exact) mass is 386 g/mol. The second kappa shape index (κ2) is 7.84. The van der Waals surface area contributed by atoms with Crippen LogP contribution in [0.3, 0.4) is 0 Å². The number of hydrogen-bond donors (Lipinski definition) is 1. The van der Waals surface area contributed by atoms with Gasteiger partial charge in [-0.25, -0.2) is 4.98 Å². The topological polar surface area (TPSA) is 52.2 Å². The van der Waals surface area contributed by atoms with E-state index in [9.17, 15) is 4.79 Å². The molecule has 1 aromatic heterocycles. The fourth-order valence-electron chi connectivity index (χ4n) is 4.72. The Morgan fingerprint density at radius 2 is 1.72 bits per heavy atom. The summed E-state index contributed by atoms with van der Waals surface area (Å²) in [5.74, 6) is 0.857. The highest BCUT2D eigenvalue weighted by atomic mass is 16.2. The number of carbonyl (C=O) groups is 1. The molecular formula is C24H26N4O. The minimum Gasteiger partial charge on any atom is -0.345 e. The summed E-state index contributed by atoms with van der Waals surface area (Å²) in [4.78, 5) is 25.3. The molecule has 0 unspecified atom stereocenters. The summed E-state index contributed by atoms with van der Waals surface area (Å²) in [6.45, 7) is 3.79. The number of nitrogens with one attached hydrogen (secondary N) is 1. The number of likely N-dealkylation sites (tertiary alicyclic amines) is 1. The van der Waals surface area contributed by atoms with Crippen molar-refractivity contribution in [2.45, 2.75) is 31.8 Å². The number of benzene rings is 2. The first kappa shape index (κ1) is 18.1. The molecule has 1 saturated heterocycles. The molecule has 2 aliphatic rings. The minimum absolute atomic E-state index is 0.111. The highest BCUT2D eigenvalue weighted by molar-refractivity contribution is 6.00. The Kier molecular flexibility index (Phi) is 4.90. The number of H-pyrrole nitrogens is 1. The summed E-state index contributed by atoms with van der Waals surface area (Å²) in [7, 11) is 0. The molecule has 1 N–H and O–H groups in total. The number of amides is 1. The zero-order valence-corrected chi connectivity index (χ0v) is 16.6. The molecule has 0 bridgehead atoms. The maximum absolute atomic E-state index is 13.2. The van der Waals surface area contributed by atoms with Gasteiger partial charge in [0.15, 0.2) is 0 Å². The standard InChI is InChI=1S/C24H26N4O/c29-24(22-8-4-3-7-21(22)23-25-12-13-26-23)27-15-10-20(11-16-27)28-14-9-18-5-1-2-6-19(18)17-28/h1-8,12-13,20H,9-11,14-17H2,(H,25,26). The van der Waals surface area contributed by atoms with Crippen molar-refractivity contribution in [2.75, 3.05) is 19.6 Å². The van der Waals surface area contributed by atoms with Crippen LogP contribution in [0.4, 0.5) is 0 Å². The molecule has 5 rings (SSSR count). The van der Waals surface area contributed by atoms with Crippen molar-refractivity contribution in [3.8, 4) is 11.4 Å². The van der Waals surface area contributed by atoms with Gasteiger partial charge in [-0.2, -0.15) is 0 Å². The fraction of sp³-hybridized carbons (Fsp3) is 0.333. The summed E-state index contributed by atoms with van der Waals surface area (Å²) in [5.41, 5.74) is 4.56. The lowest BCUT2D eigenvalue weighted by Gasteiger charge is -2.40. The van der Waals surface area contributed by atoms with E-state index in [1.165, 1.54) is 11.1 Å². The molecule has 0 radical (unpaired) electrons. The Morgan fingerprint density at radius 3 is 2.52 bits per heavy atom. The van der Waals surface area contributed by atoms with Gasteiger partial charge in [0, 0.05) is 50.2 Å². The van der Waals surface area contributed by atoms with E-state index in [0.29, 0.717) is 6.04 Å². The quantitative estimate of drug-likeness (QED) is 0.746. The molecular weight excluding hydrogens is 360 g/mol. The number of nitrogens with zero attached hydrogens (tertiary/aromatic N) is 3. The van der Waals surface area contributed by atoms with Crippen LogP contribution in [0.15, 0.2) is 60.9 Å². The maximum atomic E-state index is 13.2. The second-order valence-electron chi connectivity index (χ2n) is 8.00. The number of fused-ring (bicyclic) bond motifs is 1. The fourth-order valence-corrected chi connectivity index (χ4v) is 4.72. The van der Waals surface area contributed by atoms with Crippen LogP contribution in [0.5, 0.6) is 0 Å². The lowest BCUT2D eigenvalue weighted by molar-refractivity contribution is 0.0600. The van der Waals surface area contributed by atoms with Gasteiger partial charge in [0.05, 0.1) is 5.56 Å². The molecule has 5 heteroatoms. The predicted octanol–water partition coefficient (Wildman–Crippen LogP) is 3.74. The van der Waals surface area contributed by atoms with Gasteiger partial charge in [0.25, 0.3) is 5.91 Å². The van der Waals surface area contributed by atoms with Crippen molar-refractivity contribution in [1.29, 1.82) is 0 Å². The summed E-state index contributed by atoms with van der Waals surface area (Å²) in [5, 5.41) is 0. The number of piperidine rings is 1. The van der Waals surface area contributed by atoms with Crippen LogP contribution in [0.1, 0.15) is 34.3 Å². The molecule has 3 heterocycles. The number of carbonyl (C=O) groups excluding carboxylic acids is 1. The Morgan fingerprint density at radius 1 is 0.966 bits per heavy atom. The highest BCUT2D eigenvalue weighted by Gasteiger charge is 2.30. The van der Waals surface area contributed by atoms with E-state index in [0.717, 1.165) is 62.4 Å². The maximum Gasteiger partial charge on any atom is 0.254 e. The van der Waals surface area contributed by atoms with E-state index in [1.54, 1.807) is 12.4 Å². The number of aromatic nitrogens is 2. The normalized spacial score (nSPS) is 17.9. The van der Waals surface area contributed by atoms with Crippen molar-refractivity contribution in [2.24, 2.45) is 0 Å². The lowest BCUT2D eigenvalue weighted by atomic mass is 9.95. The van der Waals surface area contributed by atoms with Crippen molar-refractivity contribution in [1.82, 2.24) is 19.8 Å². The number of hydrogen-bond acceptors (Lipinski definition) is 3. The molecule has 148 valence electrons. The van der Waals surface area contributed by atoms with Crippen LogP contribution in [0.2, 0.25) is 0 Å². The van der Waals surface area contributed by atoms with Crippen LogP contribution < -0.4 is 0 Å². The van der Waals surface area contributed by atoms with E-state index in [-0.39, 0.29) is 5.91 Å². The van der Waals surface area contributed by atoms with Gasteiger partial charge in [0.2, 0.25) is 0 Å². The number of imidazole rings is 1. The SMILES string of the molecule is O=C(c1ccccc1-c1ncc[nH]1)N1CCC(N2CCc3ccccc3C2)CC1. The van der Waals surface area contributed by atoms with Crippen LogP contribution in [0, 0.1) is 0 Å². The van der Waals surface area contributed by atoms with Crippen molar-refractivity contribution < 1.29 is 4.79 Å². The Bertz CT molecular complexity index is 990. The van der Waals surface area contributed by atoms with Gasteiger partial charge in [-0.15, -0.1) is 0 Å². The molecule has 0 saturated carbocycles. The molecule has 5 nitrogen and oxygen atoms in total. The first-order valence-corrected chi connectivity index (χ1v) is 10.5. The third-order valence-electron chi connectivity index (χ3n) is 6.34. The van der Waals surface area contributed by atoms with E-state index in [2.05, 4.69) is 39.1 Å². The second-order valence-corrected chi connectivity index (χ2v) is 8.00. The molecule has 2 aromatic carbocycles. The Hall–Kier alpha value is -2.92. The van der Waals surface area contributed by atoms with Crippen molar-refractivity contribution in [3.63, 3.8) is 0 Å². The molecule has 1 fully saturated rings. The lowest BCUT2D eigenvalue weighted by Crippen LogP contribution is -2.48. The van der Waals surface area contributed by atoms with E-state index >= 15 is 0 Å². The van der Waals surface area contributed by atoms with E-state index in [1.807, 2.05) is 29.2 Å². The van der Waals surface area contributed by atoms with E-state index < -0.39 is 0 Å². The number of rotatable bonds is 3. The minimum atomic E-state index is 0.111. The zero-order valence-electron chi connectivity index (χ0n) is 16.6. The Balaban J connectivity index is 1.26. The van der Waals surface area contributed by atoms with Gasteiger partial charge in [-0.3, -0.25) is 9.69 Å². The summed E-state index contributed by atoms with van der Waals surface area (Å²) in [6.07, 6.45) is 6.72. The molecule has 0 aliphatic carbocycles. The van der Waals surface area contributed by atoms with Gasteiger partial charge in [-0.1, -0.05) is 42.5 Å². The first-order valence-electron chi connectivity index (χ1n) is 10.5. The summed E-state index contributed by atoms with van der Waals surface area (Å²) in [6, 6.07) is 17.1. The van der Waals surface area contributed by atoms with Gasteiger partial charge >= 0.3 is 0 Å². The first-order chi connectivity index (χ1) is 14.3. The van der Waals surface area contributed by atoms with Gasteiger partial charge in [0.1, 0.15) is 5.82 Å². The van der Waals surface area contributed by atoms with Crippen LogP contribution in [-0.2, 0) is 13.0 Å². The van der Waals surface area contributed by atoms with Gasteiger partial charge in [-0.05, 0) is 36.5 Å². The number of aromatic amines is 1. The Labute approximate surface area is 171 Å². The van der Waals surface area contributed by atoms with Crippen LogP contribution >= 0.6 is 0 Å². The third-order valence-corrected chi connectivity index (χ3v) is 6.34. The summed E-state index contributed by atoms with van der Waals surface area (Å²) >= 11 is 0. The molecule has 0 spiro atoms. The predicted molar refractivity (Wildman–Crippen MR) is 114 cm³/mol. The smallest absolute Gasteiger partial charge is 0.254 e.